The fourth-order valence-corrected chi connectivity index (χ4v) is 1.50. The van der Waals surface area contributed by atoms with Crippen molar-refractivity contribution in [3.05, 3.63) is 0 Å². The summed E-state index contributed by atoms with van der Waals surface area (Å²) in [6.07, 6.45) is 0.489. The number of hydroxylamine groups is 1. The molecule has 0 bridgehead atoms. The highest BCUT2D eigenvalue weighted by molar-refractivity contribution is 6.22. The molecule has 0 spiro atoms. The molecule has 1 aliphatic heterocycles. The largest absolute Gasteiger partial charge is 0.328 e. The Balaban J connectivity index is 3.11. The Morgan fingerprint density at radius 3 is 2.13 bits per heavy atom. The number of imide groups is 2. The third-order valence-corrected chi connectivity index (χ3v) is 2.70. The summed E-state index contributed by atoms with van der Waals surface area (Å²) in [5.74, 6) is -2.13. The monoisotopic (exact) mass is 215 g/mol. The Bertz CT molecular complexity index is 295. The highest BCUT2D eigenvalue weighted by Crippen LogP contribution is 2.22. The molecular weight excluding hydrogens is 202 g/mol. The van der Waals surface area contributed by atoms with Crippen molar-refractivity contribution in [2.75, 3.05) is 0 Å². The van der Waals surface area contributed by atoms with Crippen LogP contribution in [0, 0.1) is 5.92 Å². The van der Waals surface area contributed by atoms with E-state index in [0.717, 1.165) is 0 Å². The van der Waals surface area contributed by atoms with E-state index >= 15 is 0 Å². The fraction of sp³-hybridized carbons (Fsp3) is 0.625. The summed E-state index contributed by atoms with van der Waals surface area (Å²) >= 11 is 0. The highest BCUT2D eigenvalue weighted by Gasteiger charge is 2.53. The second-order valence-corrected chi connectivity index (χ2v) is 3.47. The Hall–Kier alpha value is -1.47. The maximum absolute atomic E-state index is 11.6. The van der Waals surface area contributed by atoms with Crippen LogP contribution in [0.25, 0.3) is 0 Å². The molecule has 1 heterocycles. The van der Waals surface area contributed by atoms with E-state index in [4.69, 9.17) is 5.21 Å². The van der Waals surface area contributed by atoms with E-state index in [-0.39, 0.29) is 0 Å². The second kappa shape index (κ2) is 3.95. The number of carbonyl (C=O) groups excluding carboxylic acids is 3. The minimum absolute atomic E-state index is 0.449. The molecule has 4 amide bonds. The van der Waals surface area contributed by atoms with E-state index in [1.165, 1.54) is 0 Å². The molecule has 84 valence electrons. The van der Waals surface area contributed by atoms with Gasteiger partial charge in [0.25, 0.3) is 11.8 Å². The SMILES string of the molecule is CCC(C)C1(NO)C(=O)NC(=O)NC1=O. The van der Waals surface area contributed by atoms with Gasteiger partial charge in [0.15, 0.2) is 0 Å². The summed E-state index contributed by atoms with van der Waals surface area (Å²) in [4.78, 5) is 33.9. The van der Waals surface area contributed by atoms with Crippen LogP contribution in [-0.4, -0.2) is 28.6 Å². The van der Waals surface area contributed by atoms with Gasteiger partial charge in [0.05, 0.1) is 0 Å². The Kier molecular flexibility index (Phi) is 3.06. The van der Waals surface area contributed by atoms with Crippen molar-refractivity contribution in [3.63, 3.8) is 0 Å². The van der Waals surface area contributed by atoms with Gasteiger partial charge >= 0.3 is 6.03 Å². The quantitative estimate of drug-likeness (QED) is 0.361. The van der Waals surface area contributed by atoms with Crippen LogP contribution < -0.4 is 16.1 Å². The molecule has 0 saturated carbocycles. The van der Waals surface area contributed by atoms with E-state index in [1.54, 1.807) is 19.3 Å². The first-order chi connectivity index (χ1) is 6.98. The first kappa shape index (κ1) is 11.6. The average Bonchev–Trinajstić information content (AvgIpc) is 2.17. The van der Waals surface area contributed by atoms with E-state index in [9.17, 15) is 14.4 Å². The number of hydrogen-bond donors (Lipinski definition) is 4. The second-order valence-electron chi connectivity index (χ2n) is 3.47. The Morgan fingerprint density at radius 2 is 1.80 bits per heavy atom. The Labute approximate surface area is 86.2 Å². The molecule has 7 nitrogen and oxygen atoms in total. The van der Waals surface area contributed by atoms with Crippen LogP contribution in [0.15, 0.2) is 0 Å². The van der Waals surface area contributed by atoms with Crippen LogP contribution in [0.3, 0.4) is 0 Å². The average molecular weight is 215 g/mol. The number of carbonyl (C=O) groups is 3. The number of hydrogen-bond acceptors (Lipinski definition) is 5. The number of barbiturate groups is 1. The van der Waals surface area contributed by atoms with E-state index in [0.29, 0.717) is 6.42 Å². The molecule has 0 radical (unpaired) electrons. The van der Waals surface area contributed by atoms with Crippen LogP contribution in [0.5, 0.6) is 0 Å². The molecular formula is C8H13N3O4. The third-order valence-electron chi connectivity index (χ3n) is 2.70. The lowest BCUT2D eigenvalue weighted by Gasteiger charge is -2.36. The molecule has 1 saturated heterocycles. The molecule has 1 atom stereocenters. The summed E-state index contributed by atoms with van der Waals surface area (Å²) < 4.78 is 0. The molecule has 7 heteroatoms. The van der Waals surface area contributed by atoms with Crippen LogP contribution in [-0.2, 0) is 9.59 Å². The lowest BCUT2D eigenvalue weighted by atomic mass is 9.81. The van der Waals surface area contributed by atoms with Crippen molar-refractivity contribution < 1.29 is 19.6 Å². The van der Waals surface area contributed by atoms with Crippen molar-refractivity contribution in [3.8, 4) is 0 Å². The van der Waals surface area contributed by atoms with Crippen LogP contribution in [0.4, 0.5) is 4.79 Å². The Morgan fingerprint density at radius 1 is 1.33 bits per heavy atom. The van der Waals surface area contributed by atoms with Crippen molar-refractivity contribution in [1.29, 1.82) is 0 Å². The van der Waals surface area contributed by atoms with Gasteiger partial charge in [-0.3, -0.25) is 20.2 Å². The first-order valence-corrected chi connectivity index (χ1v) is 4.57. The van der Waals surface area contributed by atoms with Gasteiger partial charge in [-0.2, -0.15) is 5.48 Å². The fourth-order valence-electron chi connectivity index (χ4n) is 1.50. The normalized spacial score (nSPS) is 21.9. The molecule has 0 aromatic rings. The van der Waals surface area contributed by atoms with Crippen molar-refractivity contribution in [1.82, 2.24) is 16.1 Å². The van der Waals surface area contributed by atoms with Crippen LogP contribution in [0.2, 0.25) is 0 Å². The molecule has 4 N–H and O–H groups in total. The van der Waals surface area contributed by atoms with Crippen molar-refractivity contribution in [2.45, 2.75) is 25.8 Å². The molecule has 1 aliphatic rings. The van der Waals surface area contributed by atoms with E-state index < -0.39 is 29.3 Å². The summed E-state index contributed by atoms with van der Waals surface area (Å²) in [7, 11) is 0. The van der Waals surface area contributed by atoms with Gasteiger partial charge in [0, 0.05) is 0 Å². The van der Waals surface area contributed by atoms with Gasteiger partial charge in [-0.15, -0.1) is 0 Å². The number of amides is 4. The lowest BCUT2D eigenvalue weighted by Crippen LogP contribution is -2.74. The standard InChI is InChI=1S/C8H13N3O4/c1-3-4(2)8(11-15)5(12)9-7(14)10-6(8)13/h4,11,15H,3H2,1-2H3,(H2,9,10,12,13,14). The molecule has 1 rings (SSSR count). The summed E-state index contributed by atoms with van der Waals surface area (Å²) in [5, 5.41) is 12.9. The molecule has 0 aromatic heterocycles. The summed E-state index contributed by atoms with van der Waals surface area (Å²) in [5.41, 5.74) is -0.0771. The maximum atomic E-state index is 11.6. The minimum atomic E-state index is -1.79. The van der Waals surface area contributed by atoms with E-state index in [1.807, 2.05) is 10.6 Å². The maximum Gasteiger partial charge on any atom is 0.328 e. The van der Waals surface area contributed by atoms with Crippen LogP contribution >= 0.6 is 0 Å². The molecule has 0 aromatic carbocycles. The predicted octanol–water partition coefficient (Wildman–Crippen LogP) is -0.884. The van der Waals surface area contributed by atoms with Gasteiger partial charge in [0.2, 0.25) is 5.54 Å². The van der Waals surface area contributed by atoms with E-state index in [2.05, 4.69) is 0 Å². The van der Waals surface area contributed by atoms with Crippen molar-refractivity contribution in [2.24, 2.45) is 5.92 Å². The summed E-state index contributed by atoms with van der Waals surface area (Å²) in [6, 6.07) is -0.876. The molecule has 1 unspecified atom stereocenters. The summed E-state index contributed by atoms with van der Waals surface area (Å²) in [6.45, 7) is 3.39. The topological polar surface area (TPSA) is 108 Å². The smallest absolute Gasteiger partial charge is 0.315 e. The lowest BCUT2D eigenvalue weighted by molar-refractivity contribution is -0.149. The number of rotatable bonds is 3. The van der Waals surface area contributed by atoms with Gasteiger partial charge in [-0.05, 0) is 5.92 Å². The predicted molar refractivity (Wildman–Crippen MR) is 48.8 cm³/mol. The molecule has 15 heavy (non-hydrogen) atoms. The molecule has 1 fully saturated rings. The highest BCUT2D eigenvalue weighted by atomic mass is 16.5. The van der Waals surface area contributed by atoms with Gasteiger partial charge in [-0.1, -0.05) is 20.3 Å². The van der Waals surface area contributed by atoms with Crippen LogP contribution in [0.1, 0.15) is 20.3 Å². The third kappa shape index (κ3) is 1.59. The number of nitrogens with one attached hydrogen (secondary N) is 3. The van der Waals surface area contributed by atoms with Gasteiger partial charge < -0.3 is 5.21 Å². The zero-order valence-electron chi connectivity index (χ0n) is 8.46. The minimum Gasteiger partial charge on any atom is -0.315 e. The first-order valence-electron chi connectivity index (χ1n) is 4.57. The van der Waals surface area contributed by atoms with Gasteiger partial charge in [0.1, 0.15) is 0 Å². The zero-order chi connectivity index (χ0) is 11.6. The number of urea groups is 1. The van der Waals surface area contributed by atoms with Gasteiger partial charge in [-0.25, -0.2) is 4.79 Å². The van der Waals surface area contributed by atoms with Crippen molar-refractivity contribution >= 4 is 17.8 Å². The molecule has 0 aliphatic carbocycles. The zero-order valence-corrected chi connectivity index (χ0v) is 8.46.